The summed E-state index contributed by atoms with van der Waals surface area (Å²) in [5.41, 5.74) is 15.5. The zero-order valence-electron chi connectivity index (χ0n) is 32.8. The summed E-state index contributed by atoms with van der Waals surface area (Å²) in [5.74, 6) is 1.06. The predicted molar refractivity (Wildman–Crippen MR) is 250 cm³/mol. The van der Waals surface area contributed by atoms with Crippen LogP contribution in [-0.2, 0) is 6.42 Å². The lowest BCUT2D eigenvalue weighted by molar-refractivity contribution is 0.913. The van der Waals surface area contributed by atoms with Gasteiger partial charge in [-0.3, -0.25) is 4.57 Å². The Morgan fingerprint density at radius 3 is 1.58 bits per heavy atom. The first-order valence-electron chi connectivity index (χ1n) is 20.5. The highest BCUT2D eigenvalue weighted by atomic mass is 15.1. The van der Waals surface area contributed by atoms with Gasteiger partial charge in [0.05, 0.1) is 16.7 Å². The third-order valence-corrected chi connectivity index (χ3v) is 12.0. The Morgan fingerprint density at radius 1 is 0.356 bits per heavy atom. The van der Waals surface area contributed by atoms with Crippen LogP contribution in [-0.4, -0.2) is 9.55 Å². The lowest BCUT2D eigenvalue weighted by Gasteiger charge is -2.22. The smallest absolute Gasteiger partial charge is 0.114 e. The van der Waals surface area contributed by atoms with Crippen LogP contribution in [0.25, 0.3) is 105 Å². The van der Waals surface area contributed by atoms with E-state index in [4.69, 9.17) is 4.98 Å². The molecule has 0 spiro atoms. The minimum absolute atomic E-state index is 0.837. The molecule has 1 heterocycles. The molecule has 0 bridgehead atoms. The molecule has 11 aromatic rings. The summed E-state index contributed by atoms with van der Waals surface area (Å²) < 4.78 is 2.36. The van der Waals surface area contributed by atoms with Crippen molar-refractivity contribution in [2.45, 2.75) is 13.3 Å². The Kier molecular flexibility index (Phi) is 8.48. The van der Waals surface area contributed by atoms with Crippen LogP contribution < -0.4 is 0 Å². The monoisotopic (exact) mass is 752 g/mol. The fourth-order valence-corrected chi connectivity index (χ4v) is 9.27. The third-order valence-electron chi connectivity index (χ3n) is 12.0. The van der Waals surface area contributed by atoms with E-state index in [1.807, 2.05) is 0 Å². The van der Waals surface area contributed by atoms with Crippen LogP contribution in [0.1, 0.15) is 12.7 Å². The van der Waals surface area contributed by atoms with Crippen molar-refractivity contribution < 1.29 is 0 Å². The topological polar surface area (TPSA) is 17.8 Å². The maximum Gasteiger partial charge on any atom is 0.114 e. The number of fused-ring (bicyclic) bond motifs is 4. The fourth-order valence-electron chi connectivity index (χ4n) is 9.27. The zero-order chi connectivity index (χ0) is 39.3. The lowest BCUT2D eigenvalue weighted by atomic mass is 9.82. The van der Waals surface area contributed by atoms with E-state index in [9.17, 15) is 0 Å². The highest BCUT2D eigenvalue weighted by Gasteiger charge is 2.22. The molecular weight excluding hydrogens is 713 g/mol. The highest BCUT2D eigenvalue weighted by Crippen LogP contribution is 2.49. The van der Waals surface area contributed by atoms with Gasteiger partial charge in [0.2, 0.25) is 0 Å². The Bertz CT molecular complexity index is 3340. The molecule has 1 aromatic heterocycles. The van der Waals surface area contributed by atoms with Crippen molar-refractivity contribution >= 4 is 43.4 Å². The summed E-state index contributed by atoms with van der Waals surface area (Å²) in [6.07, 6.45) is 0.837. The number of rotatable bonds is 7. The van der Waals surface area contributed by atoms with E-state index in [1.165, 1.54) is 88.0 Å². The highest BCUT2D eigenvalue weighted by molar-refractivity contribution is 6.25. The second-order valence-electron chi connectivity index (χ2n) is 15.3. The SMILES string of the molecule is CCc1nc2ccccc2n1-c1ccc(-c2c3ccccc3c(-c3ccccc3-c3ccc(-c4ccccc4)cc3)c3cc(-c4ccccc4)ccc23)c2ccccc12. The molecule has 0 saturated heterocycles. The number of aryl methyl sites for hydroxylation is 1. The Balaban J connectivity index is 1.19. The molecule has 0 amide bonds. The van der Waals surface area contributed by atoms with Gasteiger partial charge in [0.1, 0.15) is 5.82 Å². The largest absolute Gasteiger partial charge is 0.296 e. The van der Waals surface area contributed by atoms with Gasteiger partial charge in [-0.25, -0.2) is 4.98 Å². The quantitative estimate of drug-likeness (QED) is 0.148. The van der Waals surface area contributed by atoms with Gasteiger partial charge in [-0.15, -0.1) is 0 Å². The van der Waals surface area contributed by atoms with E-state index in [2.05, 4.69) is 224 Å². The van der Waals surface area contributed by atoms with Gasteiger partial charge in [-0.1, -0.05) is 195 Å². The van der Waals surface area contributed by atoms with Crippen LogP contribution >= 0.6 is 0 Å². The summed E-state index contributed by atoms with van der Waals surface area (Å²) in [4.78, 5) is 5.06. The molecule has 0 saturated carbocycles. The van der Waals surface area contributed by atoms with Crippen LogP contribution in [0, 0.1) is 0 Å². The molecule has 0 aliphatic carbocycles. The normalized spacial score (nSPS) is 11.5. The minimum atomic E-state index is 0.837. The number of hydrogen-bond acceptors (Lipinski definition) is 1. The summed E-state index contributed by atoms with van der Waals surface area (Å²) in [6, 6.07) is 77.5. The molecule has 0 N–H and O–H groups in total. The number of benzene rings is 10. The van der Waals surface area contributed by atoms with Crippen molar-refractivity contribution in [3.05, 3.63) is 218 Å². The predicted octanol–water partition coefficient (Wildman–Crippen LogP) is 15.4. The molecule has 0 radical (unpaired) electrons. The molecule has 59 heavy (non-hydrogen) atoms. The van der Waals surface area contributed by atoms with E-state index < -0.39 is 0 Å². The average Bonchev–Trinajstić information content (AvgIpc) is 3.69. The second kappa shape index (κ2) is 14.4. The third kappa shape index (κ3) is 5.84. The van der Waals surface area contributed by atoms with Crippen LogP contribution in [0.4, 0.5) is 0 Å². The molecule has 0 fully saturated rings. The summed E-state index contributed by atoms with van der Waals surface area (Å²) in [5, 5.41) is 7.35. The van der Waals surface area contributed by atoms with E-state index in [1.54, 1.807) is 0 Å². The van der Waals surface area contributed by atoms with Crippen LogP contribution in [0.2, 0.25) is 0 Å². The van der Waals surface area contributed by atoms with Crippen molar-refractivity contribution in [2.24, 2.45) is 0 Å². The summed E-state index contributed by atoms with van der Waals surface area (Å²) in [7, 11) is 0. The van der Waals surface area contributed by atoms with Gasteiger partial charge >= 0.3 is 0 Å². The number of imidazole rings is 1. The number of hydrogen-bond donors (Lipinski definition) is 0. The summed E-state index contributed by atoms with van der Waals surface area (Å²) >= 11 is 0. The fraction of sp³-hybridized carbons (Fsp3) is 0.0351. The first-order valence-corrected chi connectivity index (χ1v) is 20.5. The van der Waals surface area contributed by atoms with E-state index in [0.717, 1.165) is 29.0 Å². The second-order valence-corrected chi connectivity index (χ2v) is 15.3. The van der Waals surface area contributed by atoms with Crippen LogP contribution in [0.15, 0.2) is 212 Å². The van der Waals surface area contributed by atoms with Gasteiger partial charge in [0.15, 0.2) is 0 Å². The molecule has 11 rings (SSSR count). The van der Waals surface area contributed by atoms with E-state index >= 15 is 0 Å². The van der Waals surface area contributed by atoms with Crippen molar-refractivity contribution in [1.82, 2.24) is 9.55 Å². The maximum atomic E-state index is 5.06. The Labute approximate surface area is 344 Å². The van der Waals surface area contributed by atoms with Gasteiger partial charge in [0, 0.05) is 11.8 Å². The Hall–Kier alpha value is -7.55. The van der Waals surface area contributed by atoms with Gasteiger partial charge in [-0.2, -0.15) is 0 Å². The standard InChI is InChI=1S/C57H40N2/c1-2-55-58-52-27-15-16-28-54(52)59(55)53-36-35-49(44-22-10-11-23-45(44)53)56-47-25-13-14-26-48(47)57(51-37-42(33-34-50(51)56)39-19-7-4-8-20-39)46-24-12-9-21-43(46)41-31-29-40(30-32-41)38-17-5-3-6-18-38/h3-37H,2H2,1H3. The molecule has 2 nitrogen and oxygen atoms in total. The van der Waals surface area contributed by atoms with E-state index in [0.29, 0.717) is 0 Å². The molecule has 2 heteroatoms. The van der Waals surface area contributed by atoms with Crippen molar-refractivity contribution in [3.63, 3.8) is 0 Å². The number of aromatic nitrogens is 2. The lowest BCUT2D eigenvalue weighted by Crippen LogP contribution is -2.01. The average molecular weight is 753 g/mol. The molecule has 0 atom stereocenters. The van der Waals surface area contributed by atoms with Crippen LogP contribution in [0.5, 0.6) is 0 Å². The molecule has 278 valence electrons. The first kappa shape index (κ1) is 34.7. The van der Waals surface area contributed by atoms with Gasteiger partial charge in [-0.05, 0) is 107 Å². The summed E-state index contributed by atoms with van der Waals surface area (Å²) in [6.45, 7) is 2.19. The van der Waals surface area contributed by atoms with Crippen molar-refractivity contribution in [2.75, 3.05) is 0 Å². The number of para-hydroxylation sites is 2. The maximum absolute atomic E-state index is 5.06. The zero-order valence-corrected chi connectivity index (χ0v) is 32.8. The first-order chi connectivity index (χ1) is 29.2. The van der Waals surface area contributed by atoms with Gasteiger partial charge in [0.25, 0.3) is 0 Å². The Morgan fingerprint density at radius 2 is 0.864 bits per heavy atom. The van der Waals surface area contributed by atoms with E-state index in [-0.39, 0.29) is 0 Å². The molecule has 0 unspecified atom stereocenters. The van der Waals surface area contributed by atoms with Crippen LogP contribution in [0.3, 0.4) is 0 Å². The van der Waals surface area contributed by atoms with Gasteiger partial charge < -0.3 is 0 Å². The molecular formula is C57H40N2. The minimum Gasteiger partial charge on any atom is -0.296 e. The van der Waals surface area contributed by atoms with Crippen molar-refractivity contribution in [1.29, 1.82) is 0 Å². The molecule has 0 aliphatic heterocycles. The van der Waals surface area contributed by atoms with Crippen molar-refractivity contribution in [3.8, 4) is 61.3 Å². The molecule has 10 aromatic carbocycles. The molecule has 0 aliphatic rings. The number of nitrogens with zero attached hydrogens (tertiary/aromatic N) is 2.